The van der Waals surface area contributed by atoms with Crippen molar-refractivity contribution >= 4 is 56.9 Å². The topological polar surface area (TPSA) is 82.6 Å². The maximum absolute atomic E-state index is 13.4. The summed E-state index contributed by atoms with van der Waals surface area (Å²) < 4.78 is 12.1. The van der Waals surface area contributed by atoms with E-state index in [0.29, 0.717) is 60.9 Å². The molecule has 0 spiro atoms. The lowest BCUT2D eigenvalue weighted by molar-refractivity contribution is -0.154. The molecule has 2 aromatic rings. The fourth-order valence-electron chi connectivity index (χ4n) is 5.84. The molecule has 0 radical (unpaired) electrons. The van der Waals surface area contributed by atoms with Gasteiger partial charge >= 0.3 is 11.8 Å². The summed E-state index contributed by atoms with van der Waals surface area (Å²) in [6, 6.07) is 10.6. The summed E-state index contributed by atoms with van der Waals surface area (Å²) in [4.78, 5) is 46.8. The highest BCUT2D eigenvalue weighted by molar-refractivity contribution is 9.10. The van der Waals surface area contributed by atoms with E-state index in [1.807, 2.05) is 6.07 Å². The van der Waals surface area contributed by atoms with Gasteiger partial charge in [-0.2, -0.15) is 0 Å². The zero-order valence-corrected chi connectivity index (χ0v) is 26.7. The van der Waals surface area contributed by atoms with E-state index in [1.54, 1.807) is 42.3 Å². The van der Waals surface area contributed by atoms with Crippen molar-refractivity contribution in [3.63, 3.8) is 0 Å². The number of amides is 3. The van der Waals surface area contributed by atoms with Crippen molar-refractivity contribution in [1.29, 1.82) is 0 Å². The van der Waals surface area contributed by atoms with E-state index in [2.05, 4.69) is 25.7 Å². The van der Waals surface area contributed by atoms with Gasteiger partial charge in [-0.1, -0.05) is 45.2 Å². The molecule has 2 aromatic carbocycles. The van der Waals surface area contributed by atoms with Gasteiger partial charge in [0.05, 0.1) is 16.1 Å². The third-order valence-corrected chi connectivity index (χ3v) is 9.68. The lowest BCUT2D eigenvalue weighted by atomic mass is 9.97. The van der Waals surface area contributed by atoms with E-state index in [9.17, 15) is 14.4 Å². The predicted molar refractivity (Wildman–Crippen MR) is 164 cm³/mol. The zero-order valence-electron chi connectivity index (χ0n) is 23.6. The summed E-state index contributed by atoms with van der Waals surface area (Å²) in [5.74, 6) is 0.242. The number of hydrogen-bond acceptors (Lipinski definition) is 6. The quantitative estimate of drug-likeness (QED) is 0.407. The third kappa shape index (κ3) is 7.22. The van der Waals surface area contributed by atoms with E-state index in [4.69, 9.17) is 32.7 Å². The van der Waals surface area contributed by atoms with Crippen molar-refractivity contribution in [3.8, 4) is 11.5 Å². The molecule has 9 nitrogen and oxygen atoms in total. The molecule has 0 aliphatic carbocycles. The van der Waals surface area contributed by atoms with Crippen LogP contribution in [0.3, 0.4) is 0 Å². The Bertz CT molecular complexity index is 1320. The number of ether oxygens (including phenoxy) is 2. The summed E-state index contributed by atoms with van der Waals surface area (Å²) in [6.45, 7) is 4.46. The molecule has 3 fully saturated rings. The minimum absolute atomic E-state index is 0.154. The summed E-state index contributed by atoms with van der Waals surface area (Å²) in [5, 5.41) is 0.845. The van der Waals surface area contributed by atoms with Crippen LogP contribution in [0.25, 0.3) is 0 Å². The first-order valence-electron chi connectivity index (χ1n) is 14.3. The van der Waals surface area contributed by atoms with Crippen LogP contribution in [0.15, 0.2) is 40.9 Å². The predicted octanol–water partition coefficient (Wildman–Crippen LogP) is 4.82. The van der Waals surface area contributed by atoms with Gasteiger partial charge in [0.15, 0.2) is 0 Å². The lowest BCUT2D eigenvalue weighted by Crippen LogP contribution is -2.61. The highest BCUT2D eigenvalue weighted by Gasteiger charge is 2.39. The standard InChI is InChI=1S/C30H35BrCl2N4O5/c1-34(19-20-4-5-22(17-24(20)31)42-23-6-7-25(32)26(33)18-23)29(39)30(40)36-13-11-35(12-14-36)27-3-2-10-37(28(27)38)21-8-15-41-16-9-21/h4-7,17-18,21,27H,2-3,8-16,19H2,1H3. The number of likely N-dealkylation sites (N-methyl/N-ethyl adjacent to an activating group) is 1. The number of hydrogen-bond donors (Lipinski definition) is 0. The fraction of sp³-hybridized carbons (Fsp3) is 0.500. The fourth-order valence-corrected chi connectivity index (χ4v) is 6.61. The van der Waals surface area contributed by atoms with Crippen molar-refractivity contribution in [2.45, 2.75) is 44.3 Å². The van der Waals surface area contributed by atoms with Gasteiger partial charge in [-0.25, -0.2) is 0 Å². The molecule has 3 amide bonds. The van der Waals surface area contributed by atoms with Crippen molar-refractivity contribution in [2.24, 2.45) is 0 Å². The first kappa shape index (κ1) is 31.1. The Morgan fingerprint density at radius 3 is 2.36 bits per heavy atom. The van der Waals surface area contributed by atoms with E-state index in [0.717, 1.165) is 42.3 Å². The minimum Gasteiger partial charge on any atom is -0.457 e. The Kier molecular flexibility index (Phi) is 10.3. The number of carbonyl (C=O) groups excluding carboxylic acids is 3. The summed E-state index contributed by atoms with van der Waals surface area (Å²) in [5.41, 5.74) is 0.829. The van der Waals surface area contributed by atoms with Crippen LogP contribution in [0.4, 0.5) is 0 Å². The average Bonchev–Trinajstić information content (AvgIpc) is 3.00. The van der Waals surface area contributed by atoms with Crippen molar-refractivity contribution in [1.82, 2.24) is 19.6 Å². The van der Waals surface area contributed by atoms with Gasteiger partial charge < -0.3 is 24.2 Å². The van der Waals surface area contributed by atoms with Crippen LogP contribution in [0.1, 0.15) is 31.2 Å². The molecular formula is C30H35BrCl2N4O5. The molecule has 42 heavy (non-hydrogen) atoms. The highest BCUT2D eigenvalue weighted by Crippen LogP contribution is 2.32. The molecule has 3 saturated heterocycles. The van der Waals surface area contributed by atoms with Crippen LogP contribution in [-0.4, -0.2) is 102 Å². The number of carbonyl (C=O) groups is 3. The molecule has 3 aliphatic rings. The van der Waals surface area contributed by atoms with E-state index in [1.165, 1.54) is 4.90 Å². The second-order valence-corrected chi connectivity index (χ2v) is 12.6. The van der Waals surface area contributed by atoms with Crippen LogP contribution < -0.4 is 4.74 Å². The number of piperidine rings is 1. The van der Waals surface area contributed by atoms with Gasteiger partial charge in [0, 0.05) is 76.1 Å². The Morgan fingerprint density at radius 1 is 0.976 bits per heavy atom. The Hall–Kier alpha value is -2.37. The van der Waals surface area contributed by atoms with Gasteiger partial charge in [0.25, 0.3) is 0 Å². The average molecular weight is 682 g/mol. The maximum atomic E-state index is 13.4. The second-order valence-electron chi connectivity index (χ2n) is 11.0. The van der Waals surface area contributed by atoms with Gasteiger partial charge in [-0.05, 0) is 55.5 Å². The smallest absolute Gasteiger partial charge is 0.312 e. The molecule has 3 heterocycles. The molecular weight excluding hydrogens is 647 g/mol. The molecule has 226 valence electrons. The molecule has 1 unspecified atom stereocenters. The van der Waals surface area contributed by atoms with Crippen molar-refractivity contribution < 1.29 is 23.9 Å². The first-order valence-corrected chi connectivity index (χ1v) is 15.8. The molecule has 12 heteroatoms. The molecule has 3 aliphatic heterocycles. The molecule has 0 aromatic heterocycles. The van der Waals surface area contributed by atoms with Gasteiger partial charge in [0.1, 0.15) is 11.5 Å². The molecule has 0 saturated carbocycles. The normalized spacial score (nSPS) is 20.5. The Balaban J connectivity index is 1.12. The lowest BCUT2D eigenvalue weighted by Gasteiger charge is -2.45. The molecule has 5 rings (SSSR count). The SMILES string of the molecule is CN(Cc1ccc(Oc2ccc(Cl)c(Cl)c2)cc1Br)C(=O)C(=O)N1CCN(C2CCCN(C3CCOCC3)C2=O)CC1. The van der Waals surface area contributed by atoms with Crippen LogP contribution >= 0.6 is 39.1 Å². The number of likely N-dealkylation sites (tertiary alicyclic amines) is 1. The van der Waals surface area contributed by atoms with Crippen LogP contribution in [0.2, 0.25) is 10.0 Å². The Morgan fingerprint density at radius 2 is 1.67 bits per heavy atom. The van der Waals surface area contributed by atoms with Crippen LogP contribution in [0.5, 0.6) is 11.5 Å². The Labute approximate surface area is 264 Å². The van der Waals surface area contributed by atoms with E-state index < -0.39 is 11.8 Å². The zero-order chi connectivity index (χ0) is 29.8. The van der Waals surface area contributed by atoms with Gasteiger partial charge in [0.2, 0.25) is 5.91 Å². The second kappa shape index (κ2) is 13.9. The van der Waals surface area contributed by atoms with Crippen molar-refractivity contribution in [3.05, 3.63) is 56.5 Å². The van der Waals surface area contributed by atoms with Gasteiger partial charge in [-0.3, -0.25) is 19.3 Å². The number of piperazine rings is 1. The summed E-state index contributed by atoms with van der Waals surface area (Å²) in [7, 11) is 1.62. The minimum atomic E-state index is -0.564. The summed E-state index contributed by atoms with van der Waals surface area (Å²) in [6.07, 6.45) is 3.60. The largest absolute Gasteiger partial charge is 0.457 e. The van der Waals surface area contributed by atoms with E-state index >= 15 is 0 Å². The number of nitrogens with zero attached hydrogens (tertiary/aromatic N) is 4. The number of rotatable bonds is 6. The summed E-state index contributed by atoms with van der Waals surface area (Å²) >= 11 is 15.6. The maximum Gasteiger partial charge on any atom is 0.312 e. The monoisotopic (exact) mass is 680 g/mol. The highest BCUT2D eigenvalue weighted by atomic mass is 79.9. The van der Waals surface area contributed by atoms with Crippen molar-refractivity contribution in [2.75, 3.05) is 53.0 Å². The van der Waals surface area contributed by atoms with Crippen LogP contribution in [0, 0.1) is 0 Å². The third-order valence-electron chi connectivity index (χ3n) is 8.21. The molecule has 1 atom stereocenters. The van der Waals surface area contributed by atoms with E-state index in [-0.39, 0.29) is 24.5 Å². The van der Waals surface area contributed by atoms with Gasteiger partial charge in [-0.15, -0.1) is 0 Å². The first-order chi connectivity index (χ1) is 20.2. The molecule has 0 N–H and O–H groups in total. The number of benzene rings is 2. The van der Waals surface area contributed by atoms with Crippen LogP contribution in [-0.2, 0) is 25.7 Å². The number of halogens is 3. The molecule has 0 bridgehead atoms.